The first kappa shape index (κ1) is 15.7. The topological polar surface area (TPSA) is 74.9 Å². The molecular formula is C18H17N3O3S. The maximum absolute atomic E-state index is 6.06. The summed E-state index contributed by atoms with van der Waals surface area (Å²) < 4.78 is 18.3. The van der Waals surface area contributed by atoms with Gasteiger partial charge >= 0.3 is 0 Å². The molecule has 0 unspecified atom stereocenters. The number of fused-ring (bicyclic) bond motifs is 1. The average molecular weight is 355 g/mol. The molecule has 0 spiro atoms. The molecule has 0 radical (unpaired) electrons. The smallest absolute Gasteiger partial charge is 0.195 e. The summed E-state index contributed by atoms with van der Waals surface area (Å²) in [4.78, 5) is 5.65. The molecule has 128 valence electrons. The van der Waals surface area contributed by atoms with Gasteiger partial charge in [-0.3, -0.25) is 4.40 Å². The lowest BCUT2D eigenvalue weighted by molar-refractivity contribution is 0.355. The van der Waals surface area contributed by atoms with E-state index in [1.54, 1.807) is 31.8 Å². The van der Waals surface area contributed by atoms with Crippen LogP contribution in [0.15, 0.2) is 46.4 Å². The highest BCUT2D eigenvalue weighted by Crippen LogP contribution is 2.36. The molecule has 7 heteroatoms. The Morgan fingerprint density at radius 2 is 2.04 bits per heavy atom. The van der Waals surface area contributed by atoms with E-state index >= 15 is 0 Å². The third-order valence-electron chi connectivity index (χ3n) is 4.08. The van der Waals surface area contributed by atoms with E-state index < -0.39 is 0 Å². The second-order valence-corrected chi connectivity index (χ2v) is 6.23. The number of hydrogen-bond donors (Lipinski definition) is 1. The molecule has 0 amide bonds. The molecule has 25 heavy (non-hydrogen) atoms. The van der Waals surface area contributed by atoms with Gasteiger partial charge in [-0.2, -0.15) is 0 Å². The highest BCUT2D eigenvalue weighted by atomic mass is 32.1. The molecule has 0 atom stereocenters. The van der Waals surface area contributed by atoms with Crippen LogP contribution in [-0.4, -0.2) is 23.6 Å². The van der Waals surface area contributed by atoms with Gasteiger partial charge < -0.3 is 19.6 Å². The van der Waals surface area contributed by atoms with Gasteiger partial charge in [-0.15, -0.1) is 11.3 Å². The Kier molecular flexibility index (Phi) is 3.95. The van der Waals surface area contributed by atoms with Crippen LogP contribution < -0.4 is 15.2 Å². The van der Waals surface area contributed by atoms with Gasteiger partial charge in [-0.1, -0.05) is 0 Å². The molecule has 0 aliphatic carbocycles. The van der Waals surface area contributed by atoms with E-state index in [-0.39, 0.29) is 0 Å². The number of ether oxygens (including phenoxy) is 2. The highest BCUT2D eigenvalue weighted by molar-refractivity contribution is 7.15. The zero-order valence-electron chi connectivity index (χ0n) is 13.9. The number of furan rings is 1. The predicted molar refractivity (Wildman–Crippen MR) is 97.2 cm³/mol. The minimum absolute atomic E-state index is 0.356. The Hall–Kier alpha value is -2.77. The van der Waals surface area contributed by atoms with E-state index in [4.69, 9.17) is 24.6 Å². The predicted octanol–water partition coefficient (Wildman–Crippen LogP) is 3.80. The molecule has 0 bridgehead atoms. The van der Waals surface area contributed by atoms with E-state index in [9.17, 15) is 0 Å². The molecule has 4 rings (SSSR count). The van der Waals surface area contributed by atoms with Crippen LogP contribution in [-0.2, 0) is 6.54 Å². The second kappa shape index (κ2) is 6.27. The Bertz CT molecular complexity index is 1020. The zero-order chi connectivity index (χ0) is 17.4. The fourth-order valence-corrected chi connectivity index (χ4v) is 3.81. The lowest BCUT2D eigenvalue weighted by Crippen LogP contribution is -2.03. The van der Waals surface area contributed by atoms with Gasteiger partial charge in [0.15, 0.2) is 22.2 Å². The second-order valence-electron chi connectivity index (χ2n) is 5.40. The number of hydrogen-bond acceptors (Lipinski definition) is 6. The van der Waals surface area contributed by atoms with Crippen LogP contribution in [0.2, 0.25) is 0 Å². The third-order valence-corrected chi connectivity index (χ3v) is 4.91. The molecule has 3 heterocycles. The monoisotopic (exact) mass is 355 g/mol. The maximum atomic E-state index is 6.06. The quantitative estimate of drug-likeness (QED) is 0.589. The highest BCUT2D eigenvalue weighted by Gasteiger charge is 2.20. The van der Waals surface area contributed by atoms with Crippen molar-refractivity contribution in [3.05, 3.63) is 47.7 Å². The number of thiazole rings is 1. The van der Waals surface area contributed by atoms with E-state index in [0.717, 1.165) is 33.4 Å². The Labute approximate surface area is 148 Å². The normalized spacial score (nSPS) is 11.2. The van der Waals surface area contributed by atoms with Crippen molar-refractivity contribution in [2.75, 3.05) is 14.2 Å². The number of nitrogens with zero attached hydrogens (tertiary/aromatic N) is 2. The summed E-state index contributed by atoms with van der Waals surface area (Å²) in [6, 6.07) is 9.54. The van der Waals surface area contributed by atoms with Gasteiger partial charge in [0.1, 0.15) is 5.69 Å². The number of aromatic nitrogens is 2. The average Bonchev–Trinajstić information content (AvgIpc) is 3.36. The van der Waals surface area contributed by atoms with E-state index in [1.807, 2.05) is 35.7 Å². The van der Waals surface area contributed by atoms with Crippen LogP contribution in [0.4, 0.5) is 0 Å². The first-order chi connectivity index (χ1) is 12.3. The van der Waals surface area contributed by atoms with Gasteiger partial charge in [0.25, 0.3) is 0 Å². The van der Waals surface area contributed by atoms with Crippen LogP contribution >= 0.6 is 11.3 Å². The fraction of sp³-hybridized carbons (Fsp3) is 0.167. The number of benzene rings is 1. The van der Waals surface area contributed by atoms with Gasteiger partial charge in [0, 0.05) is 17.5 Å². The van der Waals surface area contributed by atoms with Crippen molar-refractivity contribution in [2.24, 2.45) is 5.73 Å². The Morgan fingerprint density at radius 3 is 2.72 bits per heavy atom. The van der Waals surface area contributed by atoms with E-state index in [1.165, 1.54) is 0 Å². The van der Waals surface area contributed by atoms with E-state index in [0.29, 0.717) is 18.0 Å². The van der Waals surface area contributed by atoms with Gasteiger partial charge in [0.05, 0.1) is 31.9 Å². The van der Waals surface area contributed by atoms with Crippen LogP contribution in [0, 0.1) is 0 Å². The SMILES string of the molecule is COc1ccc(-c2nc3scc(-c4ccco4)n3c2CN)cc1OC. The summed E-state index contributed by atoms with van der Waals surface area (Å²) in [6.45, 7) is 0.356. The molecule has 4 aromatic rings. The Balaban J connectivity index is 1.91. The maximum Gasteiger partial charge on any atom is 0.195 e. The lowest BCUT2D eigenvalue weighted by Gasteiger charge is -2.09. The standard InChI is InChI=1S/C18H17N3O3S/c1-22-15-6-5-11(8-16(15)23-2)17-12(9-19)21-13(10-25-18(21)20-17)14-4-3-7-24-14/h3-8,10H,9,19H2,1-2H3. The fourth-order valence-electron chi connectivity index (χ4n) is 2.92. The van der Waals surface area contributed by atoms with Crippen LogP contribution in [0.25, 0.3) is 27.7 Å². The third kappa shape index (κ3) is 2.48. The number of rotatable bonds is 5. The van der Waals surface area contributed by atoms with Crippen molar-refractivity contribution < 1.29 is 13.9 Å². The molecule has 0 fully saturated rings. The lowest BCUT2D eigenvalue weighted by atomic mass is 10.1. The number of methoxy groups -OCH3 is 2. The largest absolute Gasteiger partial charge is 0.493 e. The molecule has 0 aliphatic rings. The minimum atomic E-state index is 0.356. The molecule has 1 aromatic carbocycles. The van der Waals surface area contributed by atoms with Crippen molar-refractivity contribution in [2.45, 2.75) is 6.54 Å². The molecule has 3 aromatic heterocycles. The van der Waals surface area contributed by atoms with Crippen LogP contribution in [0.5, 0.6) is 11.5 Å². The molecule has 2 N–H and O–H groups in total. The molecule has 0 aliphatic heterocycles. The molecular weight excluding hydrogens is 338 g/mol. The van der Waals surface area contributed by atoms with Crippen molar-refractivity contribution in [1.29, 1.82) is 0 Å². The van der Waals surface area contributed by atoms with Gasteiger partial charge in [-0.05, 0) is 30.3 Å². The zero-order valence-corrected chi connectivity index (χ0v) is 14.7. The van der Waals surface area contributed by atoms with Crippen molar-refractivity contribution in [1.82, 2.24) is 9.38 Å². The number of nitrogens with two attached hydrogens (primary N) is 1. The summed E-state index contributed by atoms with van der Waals surface area (Å²) in [5, 5.41) is 2.03. The summed E-state index contributed by atoms with van der Waals surface area (Å²) in [5.41, 5.74) is 9.70. The summed E-state index contributed by atoms with van der Waals surface area (Å²) in [7, 11) is 3.23. The molecule has 0 saturated heterocycles. The summed E-state index contributed by atoms with van der Waals surface area (Å²) in [5.74, 6) is 2.13. The van der Waals surface area contributed by atoms with Crippen molar-refractivity contribution in [3.63, 3.8) is 0 Å². The minimum Gasteiger partial charge on any atom is -0.493 e. The van der Waals surface area contributed by atoms with Gasteiger partial charge in [-0.25, -0.2) is 4.98 Å². The van der Waals surface area contributed by atoms with Crippen LogP contribution in [0.3, 0.4) is 0 Å². The number of imidazole rings is 1. The van der Waals surface area contributed by atoms with Crippen molar-refractivity contribution >= 4 is 16.3 Å². The molecule has 0 saturated carbocycles. The summed E-state index contributed by atoms with van der Waals surface area (Å²) in [6.07, 6.45) is 1.66. The Morgan fingerprint density at radius 1 is 1.20 bits per heavy atom. The first-order valence-electron chi connectivity index (χ1n) is 7.72. The van der Waals surface area contributed by atoms with Crippen LogP contribution in [0.1, 0.15) is 5.69 Å². The summed E-state index contributed by atoms with van der Waals surface area (Å²) >= 11 is 1.56. The first-order valence-corrected chi connectivity index (χ1v) is 8.60. The van der Waals surface area contributed by atoms with Crippen molar-refractivity contribution in [3.8, 4) is 34.2 Å². The molecule has 6 nitrogen and oxygen atoms in total. The van der Waals surface area contributed by atoms with Gasteiger partial charge in [0.2, 0.25) is 0 Å². The van der Waals surface area contributed by atoms with E-state index in [2.05, 4.69) is 4.40 Å².